The zero-order valence-corrected chi connectivity index (χ0v) is 13.1. The molecule has 3 rings (SSSR count). The number of hydrogen-bond acceptors (Lipinski definition) is 2. The van der Waals surface area contributed by atoms with Crippen LogP contribution in [0, 0.1) is 23.6 Å². The molecule has 0 saturated heterocycles. The second-order valence-electron chi connectivity index (χ2n) is 6.70. The van der Waals surface area contributed by atoms with Gasteiger partial charge in [0.2, 0.25) is 0 Å². The summed E-state index contributed by atoms with van der Waals surface area (Å²) in [6.45, 7) is 1.03. The summed E-state index contributed by atoms with van der Waals surface area (Å²) in [6.07, 6.45) is 6.28. The van der Waals surface area contributed by atoms with E-state index >= 15 is 0 Å². The van der Waals surface area contributed by atoms with Gasteiger partial charge in [-0.1, -0.05) is 6.08 Å². The summed E-state index contributed by atoms with van der Waals surface area (Å²) < 4.78 is 19.1. The van der Waals surface area contributed by atoms with Gasteiger partial charge in [0, 0.05) is 12.6 Å². The predicted molar refractivity (Wildman–Crippen MR) is 83.8 cm³/mol. The van der Waals surface area contributed by atoms with Crippen LogP contribution in [-0.2, 0) is 0 Å². The maximum atomic E-state index is 13.9. The summed E-state index contributed by atoms with van der Waals surface area (Å²) in [7, 11) is 5.82. The van der Waals surface area contributed by atoms with Crippen LogP contribution < -0.4 is 4.74 Å². The van der Waals surface area contributed by atoms with E-state index < -0.39 is 0 Å². The fourth-order valence-electron chi connectivity index (χ4n) is 4.00. The van der Waals surface area contributed by atoms with E-state index in [9.17, 15) is 4.39 Å². The Labute approximate surface area is 126 Å². The number of allylic oxidation sites excluding steroid dienone is 1. The Morgan fingerprint density at radius 1 is 1.24 bits per heavy atom. The topological polar surface area (TPSA) is 12.5 Å². The summed E-state index contributed by atoms with van der Waals surface area (Å²) in [5.74, 6) is 2.31. The van der Waals surface area contributed by atoms with Crippen LogP contribution in [-0.4, -0.2) is 32.6 Å². The van der Waals surface area contributed by atoms with Gasteiger partial charge >= 0.3 is 0 Å². The highest BCUT2D eigenvalue weighted by molar-refractivity contribution is 5.70. The second kappa shape index (κ2) is 5.80. The van der Waals surface area contributed by atoms with Gasteiger partial charge in [-0.25, -0.2) is 4.39 Å². The third-order valence-corrected chi connectivity index (χ3v) is 4.90. The van der Waals surface area contributed by atoms with E-state index in [1.165, 1.54) is 30.9 Å². The lowest BCUT2D eigenvalue weighted by Crippen LogP contribution is -2.29. The Morgan fingerprint density at radius 2 is 2.05 bits per heavy atom. The zero-order chi connectivity index (χ0) is 15.0. The lowest BCUT2D eigenvalue weighted by molar-refractivity contribution is 0.289. The molecule has 21 heavy (non-hydrogen) atoms. The molecule has 2 bridgehead atoms. The van der Waals surface area contributed by atoms with Crippen LogP contribution in [0.5, 0.6) is 5.75 Å². The first-order valence-corrected chi connectivity index (χ1v) is 7.78. The Bertz CT molecular complexity index is 552. The average molecular weight is 289 g/mol. The molecule has 0 spiro atoms. The van der Waals surface area contributed by atoms with Crippen LogP contribution >= 0.6 is 0 Å². The molecule has 1 aromatic carbocycles. The molecule has 1 saturated carbocycles. The molecule has 1 fully saturated rings. The molecule has 3 unspecified atom stereocenters. The largest absolute Gasteiger partial charge is 0.497 e. The Hall–Kier alpha value is -1.35. The number of rotatable bonds is 4. The fourth-order valence-corrected chi connectivity index (χ4v) is 4.00. The lowest BCUT2D eigenvalue weighted by atomic mass is 9.76. The van der Waals surface area contributed by atoms with Gasteiger partial charge in [0.05, 0.1) is 7.11 Å². The van der Waals surface area contributed by atoms with Crippen LogP contribution in [0.25, 0.3) is 5.57 Å². The van der Waals surface area contributed by atoms with Gasteiger partial charge in [-0.15, -0.1) is 0 Å². The highest BCUT2D eigenvalue weighted by atomic mass is 19.1. The predicted octanol–water partition coefficient (Wildman–Crippen LogP) is 3.83. The highest BCUT2D eigenvalue weighted by Gasteiger charge is 2.37. The smallest absolute Gasteiger partial charge is 0.127 e. The monoisotopic (exact) mass is 289 g/mol. The first-order chi connectivity index (χ1) is 10.1. The van der Waals surface area contributed by atoms with Crippen molar-refractivity contribution in [1.29, 1.82) is 0 Å². The lowest BCUT2D eigenvalue weighted by Gasteiger charge is -2.32. The molecule has 0 radical (unpaired) electrons. The van der Waals surface area contributed by atoms with Gasteiger partial charge in [0.25, 0.3) is 0 Å². The first kappa shape index (κ1) is 14.6. The van der Waals surface area contributed by atoms with Crippen molar-refractivity contribution in [2.75, 3.05) is 27.7 Å². The summed E-state index contributed by atoms with van der Waals surface area (Å²) >= 11 is 0. The van der Waals surface area contributed by atoms with Gasteiger partial charge in [0.15, 0.2) is 0 Å². The van der Waals surface area contributed by atoms with Crippen molar-refractivity contribution in [3.8, 4) is 5.75 Å². The molecule has 0 aliphatic heterocycles. The van der Waals surface area contributed by atoms with Gasteiger partial charge in [-0.2, -0.15) is 0 Å². The van der Waals surface area contributed by atoms with Crippen molar-refractivity contribution in [3.63, 3.8) is 0 Å². The quantitative estimate of drug-likeness (QED) is 0.835. The fraction of sp³-hybridized carbons (Fsp3) is 0.556. The summed E-state index contributed by atoms with van der Waals surface area (Å²) in [5.41, 5.74) is 2.32. The van der Waals surface area contributed by atoms with Crippen LogP contribution in [0.2, 0.25) is 0 Å². The standard InChI is InChI=1S/C18H24FNO/c1-20(2)11-18-13-5-4-12(6-13)7-17(18)14-8-15(19)10-16(9-14)21-3/h7-10,12-13,18H,4-6,11H2,1-3H3. The van der Waals surface area contributed by atoms with Gasteiger partial charge in [-0.3, -0.25) is 0 Å². The molecule has 2 nitrogen and oxygen atoms in total. The molecule has 114 valence electrons. The van der Waals surface area contributed by atoms with Crippen molar-refractivity contribution < 1.29 is 9.13 Å². The maximum absolute atomic E-state index is 13.9. The third-order valence-electron chi connectivity index (χ3n) is 4.90. The van der Waals surface area contributed by atoms with E-state index in [1.54, 1.807) is 13.2 Å². The van der Waals surface area contributed by atoms with E-state index in [0.29, 0.717) is 17.6 Å². The molecule has 0 heterocycles. The van der Waals surface area contributed by atoms with E-state index in [4.69, 9.17) is 4.74 Å². The number of nitrogens with zero attached hydrogens (tertiary/aromatic N) is 1. The van der Waals surface area contributed by atoms with E-state index in [0.717, 1.165) is 18.0 Å². The Balaban J connectivity index is 1.99. The van der Waals surface area contributed by atoms with E-state index in [1.807, 2.05) is 6.07 Å². The maximum Gasteiger partial charge on any atom is 0.127 e. The SMILES string of the molecule is COc1cc(F)cc(C2=CC3CCC(C3)C2CN(C)C)c1. The number of benzene rings is 1. The van der Waals surface area contributed by atoms with Crippen molar-refractivity contribution in [3.05, 3.63) is 35.7 Å². The summed E-state index contributed by atoms with van der Waals surface area (Å²) in [4.78, 5) is 2.24. The van der Waals surface area contributed by atoms with Gasteiger partial charge in [0.1, 0.15) is 11.6 Å². The number of hydrogen-bond donors (Lipinski definition) is 0. The molecule has 0 N–H and O–H groups in total. The molecular formula is C18H24FNO. The van der Waals surface area contributed by atoms with Crippen molar-refractivity contribution in [2.45, 2.75) is 19.3 Å². The van der Waals surface area contributed by atoms with Crippen LogP contribution in [0.4, 0.5) is 4.39 Å². The summed E-state index contributed by atoms with van der Waals surface area (Å²) in [6, 6.07) is 5.08. The minimum atomic E-state index is -0.216. The molecule has 0 aromatic heterocycles. The average Bonchev–Trinajstić information content (AvgIpc) is 2.83. The van der Waals surface area contributed by atoms with Gasteiger partial charge < -0.3 is 9.64 Å². The number of methoxy groups -OCH3 is 1. The molecule has 3 atom stereocenters. The first-order valence-electron chi connectivity index (χ1n) is 7.78. The molecule has 1 aromatic rings. The van der Waals surface area contributed by atoms with E-state index in [2.05, 4.69) is 25.1 Å². The normalized spacial score (nSPS) is 27.9. The highest BCUT2D eigenvalue weighted by Crippen LogP contribution is 2.48. The van der Waals surface area contributed by atoms with Crippen LogP contribution in [0.1, 0.15) is 24.8 Å². The van der Waals surface area contributed by atoms with E-state index in [-0.39, 0.29) is 5.82 Å². The molecule has 0 amide bonds. The molecule has 2 aliphatic carbocycles. The van der Waals surface area contributed by atoms with Crippen LogP contribution in [0.15, 0.2) is 24.3 Å². The molecule has 3 heteroatoms. The number of ether oxygens (including phenoxy) is 1. The van der Waals surface area contributed by atoms with Crippen molar-refractivity contribution >= 4 is 5.57 Å². The zero-order valence-electron chi connectivity index (χ0n) is 13.1. The summed E-state index contributed by atoms with van der Waals surface area (Å²) in [5, 5.41) is 0. The van der Waals surface area contributed by atoms with Gasteiger partial charge in [-0.05, 0) is 74.4 Å². The number of fused-ring (bicyclic) bond motifs is 2. The van der Waals surface area contributed by atoms with Crippen molar-refractivity contribution in [2.24, 2.45) is 17.8 Å². The van der Waals surface area contributed by atoms with Crippen LogP contribution in [0.3, 0.4) is 0 Å². The Morgan fingerprint density at radius 3 is 2.76 bits per heavy atom. The number of halogens is 1. The minimum absolute atomic E-state index is 0.216. The van der Waals surface area contributed by atoms with Crippen molar-refractivity contribution in [1.82, 2.24) is 4.90 Å². The Kier molecular flexibility index (Phi) is 4.03. The third kappa shape index (κ3) is 2.98. The molecule has 2 aliphatic rings. The minimum Gasteiger partial charge on any atom is -0.497 e. The second-order valence-corrected chi connectivity index (χ2v) is 6.70. The molecular weight excluding hydrogens is 265 g/mol.